The molecule has 1 fully saturated rings. The van der Waals surface area contributed by atoms with Gasteiger partial charge in [0.1, 0.15) is 6.04 Å². The van der Waals surface area contributed by atoms with Crippen LogP contribution in [0.1, 0.15) is 48.9 Å². The lowest BCUT2D eigenvalue weighted by Gasteiger charge is -2.21. The lowest BCUT2D eigenvalue weighted by atomic mass is 10.1. The number of benzene rings is 1. The largest absolute Gasteiger partial charge is 0.343 e. The molecule has 1 atom stereocenters. The minimum absolute atomic E-state index is 0.0701. The number of hydrogen-bond donors (Lipinski definition) is 2. The van der Waals surface area contributed by atoms with Crippen LogP contribution in [0.4, 0.5) is 5.69 Å². The molecule has 0 saturated carbocycles. The lowest BCUT2D eigenvalue weighted by Crippen LogP contribution is -2.42. The SMILES string of the molecule is O=C1NC(CCC(=O)N2CCCCCC2)C(=O)Nc2ccccc21. The van der Waals surface area contributed by atoms with Crippen molar-refractivity contribution in [3.8, 4) is 0 Å². The Morgan fingerprint density at radius 2 is 1.79 bits per heavy atom. The molecule has 1 aromatic carbocycles. The predicted octanol–water partition coefficient (Wildman–Crippen LogP) is 1.92. The van der Waals surface area contributed by atoms with Crippen molar-refractivity contribution in [3.63, 3.8) is 0 Å². The Balaban J connectivity index is 1.60. The van der Waals surface area contributed by atoms with Crippen LogP contribution in [-0.2, 0) is 9.59 Å². The monoisotopic (exact) mass is 329 g/mol. The van der Waals surface area contributed by atoms with Gasteiger partial charge in [-0.1, -0.05) is 25.0 Å². The highest BCUT2D eigenvalue weighted by atomic mass is 16.2. The van der Waals surface area contributed by atoms with E-state index in [4.69, 9.17) is 0 Å². The number of hydrogen-bond acceptors (Lipinski definition) is 3. The number of anilines is 1. The Hall–Kier alpha value is -2.37. The predicted molar refractivity (Wildman–Crippen MR) is 90.6 cm³/mol. The fourth-order valence-corrected chi connectivity index (χ4v) is 3.26. The highest BCUT2D eigenvalue weighted by molar-refractivity contribution is 6.09. The first-order chi connectivity index (χ1) is 11.6. The van der Waals surface area contributed by atoms with Gasteiger partial charge in [0.25, 0.3) is 5.91 Å². The van der Waals surface area contributed by atoms with Gasteiger partial charge in [0.05, 0.1) is 11.3 Å². The van der Waals surface area contributed by atoms with Gasteiger partial charge in [-0.25, -0.2) is 0 Å². The second-order valence-electron chi connectivity index (χ2n) is 6.39. The van der Waals surface area contributed by atoms with Crippen LogP contribution in [0, 0.1) is 0 Å². The van der Waals surface area contributed by atoms with Crippen LogP contribution in [-0.4, -0.2) is 41.8 Å². The number of nitrogens with zero attached hydrogens (tertiary/aromatic N) is 1. The van der Waals surface area contributed by atoms with Crippen LogP contribution in [0.5, 0.6) is 0 Å². The Morgan fingerprint density at radius 3 is 2.54 bits per heavy atom. The smallest absolute Gasteiger partial charge is 0.254 e. The van der Waals surface area contributed by atoms with E-state index in [2.05, 4.69) is 10.6 Å². The van der Waals surface area contributed by atoms with Gasteiger partial charge in [-0.05, 0) is 31.4 Å². The van der Waals surface area contributed by atoms with Crippen LogP contribution >= 0.6 is 0 Å². The van der Waals surface area contributed by atoms with Gasteiger partial charge in [-0.2, -0.15) is 0 Å². The van der Waals surface area contributed by atoms with Crippen molar-refractivity contribution >= 4 is 23.4 Å². The normalized spacial score (nSPS) is 21.2. The molecule has 0 spiro atoms. The van der Waals surface area contributed by atoms with E-state index in [1.807, 2.05) is 4.90 Å². The second kappa shape index (κ2) is 7.47. The molecule has 3 rings (SSSR count). The van der Waals surface area contributed by atoms with Crippen molar-refractivity contribution in [1.29, 1.82) is 0 Å². The van der Waals surface area contributed by atoms with Crippen molar-refractivity contribution in [2.45, 2.75) is 44.6 Å². The first-order valence-corrected chi connectivity index (χ1v) is 8.63. The van der Waals surface area contributed by atoms with Crippen LogP contribution in [0.3, 0.4) is 0 Å². The molecule has 2 heterocycles. The fraction of sp³-hybridized carbons (Fsp3) is 0.500. The van der Waals surface area contributed by atoms with E-state index in [0.29, 0.717) is 17.7 Å². The Bertz CT molecular complexity index is 636. The first-order valence-electron chi connectivity index (χ1n) is 8.63. The second-order valence-corrected chi connectivity index (χ2v) is 6.39. The first kappa shape index (κ1) is 16.5. The molecule has 1 unspecified atom stereocenters. The minimum Gasteiger partial charge on any atom is -0.343 e. The maximum absolute atomic E-state index is 12.4. The van der Waals surface area contributed by atoms with Gasteiger partial charge in [0.15, 0.2) is 0 Å². The van der Waals surface area contributed by atoms with Gasteiger partial charge in [0, 0.05) is 19.5 Å². The topological polar surface area (TPSA) is 78.5 Å². The molecular weight excluding hydrogens is 306 g/mol. The third kappa shape index (κ3) is 3.75. The molecule has 0 radical (unpaired) electrons. The van der Waals surface area contributed by atoms with Crippen molar-refractivity contribution < 1.29 is 14.4 Å². The zero-order chi connectivity index (χ0) is 16.9. The molecule has 2 aliphatic rings. The summed E-state index contributed by atoms with van der Waals surface area (Å²) in [6, 6.07) is 6.23. The van der Waals surface area contributed by atoms with E-state index in [1.54, 1.807) is 24.3 Å². The summed E-state index contributed by atoms with van der Waals surface area (Å²) in [6.07, 6.45) is 5.02. The van der Waals surface area contributed by atoms with Crippen molar-refractivity contribution in [2.75, 3.05) is 18.4 Å². The summed E-state index contributed by atoms with van der Waals surface area (Å²) >= 11 is 0. The fourth-order valence-electron chi connectivity index (χ4n) is 3.26. The zero-order valence-electron chi connectivity index (χ0n) is 13.7. The van der Waals surface area contributed by atoms with Crippen molar-refractivity contribution in [1.82, 2.24) is 10.2 Å². The summed E-state index contributed by atoms with van der Waals surface area (Å²) in [5.41, 5.74) is 0.966. The zero-order valence-corrected chi connectivity index (χ0v) is 13.7. The van der Waals surface area contributed by atoms with Crippen LogP contribution in [0.15, 0.2) is 24.3 Å². The van der Waals surface area contributed by atoms with E-state index in [9.17, 15) is 14.4 Å². The summed E-state index contributed by atoms with van der Waals surface area (Å²) < 4.78 is 0. The van der Waals surface area contributed by atoms with Gasteiger partial charge in [-0.3, -0.25) is 14.4 Å². The third-order valence-electron chi connectivity index (χ3n) is 4.66. The number of carbonyl (C=O) groups is 3. The summed E-state index contributed by atoms with van der Waals surface area (Å²) in [5, 5.41) is 5.50. The van der Waals surface area contributed by atoms with Crippen LogP contribution < -0.4 is 10.6 Å². The van der Waals surface area contributed by atoms with Gasteiger partial charge in [0.2, 0.25) is 11.8 Å². The Morgan fingerprint density at radius 1 is 1.08 bits per heavy atom. The summed E-state index contributed by atoms with van der Waals surface area (Å²) in [6.45, 7) is 1.60. The molecular formula is C18H23N3O3. The molecule has 24 heavy (non-hydrogen) atoms. The highest BCUT2D eigenvalue weighted by Crippen LogP contribution is 2.19. The Kier molecular flexibility index (Phi) is 5.13. The number of nitrogens with one attached hydrogen (secondary N) is 2. The molecule has 128 valence electrons. The molecule has 6 heteroatoms. The lowest BCUT2D eigenvalue weighted by molar-refractivity contribution is -0.131. The maximum Gasteiger partial charge on any atom is 0.254 e. The molecule has 0 aromatic heterocycles. The van der Waals surface area contributed by atoms with E-state index in [1.165, 1.54) is 12.8 Å². The average molecular weight is 329 g/mol. The van der Waals surface area contributed by atoms with Crippen molar-refractivity contribution in [2.24, 2.45) is 0 Å². The van der Waals surface area contributed by atoms with Crippen LogP contribution in [0.2, 0.25) is 0 Å². The number of amides is 3. The number of fused-ring (bicyclic) bond motifs is 1. The number of rotatable bonds is 3. The molecule has 6 nitrogen and oxygen atoms in total. The van der Waals surface area contributed by atoms with E-state index < -0.39 is 6.04 Å². The number of likely N-dealkylation sites (tertiary alicyclic amines) is 1. The van der Waals surface area contributed by atoms with E-state index >= 15 is 0 Å². The minimum atomic E-state index is -0.680. The third-order valence-corrected chi connectivity index (χ3v) is 4.66. The van der Waals surface area contributed by atoms with Gasteiger partial charge < -0.3 is 15.5 Å². The number of para-hydroxylation sites is 1. The molecule has 2 aliphatic heterocycles. The van der Waals surface area contributed by atoms with E-state index in [0.717, 1.165) is 25.9 Å². The molecule has 0 aliphatic carbocycles. The molecule has 2 N–H and O–H groups in total. The number of carbonyl (C=O) groups excluding carboxylic acids is 3. The maximum atomic E-state index is 12.4. The van der Waals surface area contributed by atoms with Gasteiger partial charge >= 0.3 is 0 Å². The average Bonchev–Trinajstić information content (AvgIpc) is 2.92. The molecule has 3 amide bonds. The van der Waals surface area contributed by atoms with E-state index in [-0.39, 0.29) is 24.1 Å². The molecule has 1 saturated heterocycles. The van der Waals surface area contributed by atoms with Crippen molar-refractivity contribution in [3.05, 3.63) is 29.8 Å². The summed E-state index contributed by atoms with van der Waals surface area (Å²) in [7, 11) is 0. The quantitative estimate of drug-likeness (QED) is 0.889. The molecule has 0 bridgehead atoms. The van der Waals surface area contributed by atoms with Gasteiger partial charge in [-0.15, -0.1) is 0 Å². The standard InChI is InChI=1S/C18H23N3O3/c22-16(21-11-5-1-2-6-12-21)10-9-15-18(24)19-14-8-4-3-7-13(14)17(23)20-15/h3-4,7-8,15H,1-2,5-6,9-12H2,(H,19,24)(H,20,23). The Labute approximate surface area is 141 Å². The summed E-state index contributed by atoms with van der Waals surface area (Å²) in [5.74, 6) is -0.478. The molecule has 1 aromatic rings. The highest BCUT2D eigenvalue weighted by Gasteiger charge is 2.28. The summed E-state index contributed by atoms with van der Waals surface area (Å²) in [4.78, 5) is 38.8. The van der Waals surface area contributed by atoms with Crippen LogP contribution in [0.25, 0.3) is 0 Å².